The lowest BCUT2D eigenvalue weighted by atomic mass is 10.0. The van der Waals surface area contributed by atoms with Gasteiger partial charge in [0.1, 0.15) is 5.82 Å². The van der Waals surface area contributed by atoms with Gasteiger partial charge in [-0.05, 0) is 44.7 Å². The topological polar surface area (TPSA) is 21.1 Å². The second kappa shape index (κ2) is 7.31. The van der Waals surface area contributed by atoms with E-state index in [1.54, 1.807) is 0 Å². The van der Waals surface area contributed by atoms with E-state index < -0.39 is 0 Å². The third kappa shape index (κ3) is 4.03. The van der Waals surface area contributed by atoms with E-state index >= 15 is 0 Å². The molecule has 3 nitrogen and oxygen atoms in total. The molecule has 0 amide bonds. The fourth-order valence-electron chi connectivity index (χ4n) is 3.75. The molecule has 2 aromatic rings. The predicted octanol–water partition coefficient (Wildman–Crippen LogP) is 3.97. The van der Waals surface area contributed by atoms with Crippen LogP contribution in [0.4, 0.5) is 0 Å². The predicted molar refractivity (Wildman–Crippen MR) is 95.5 cm³/mol. The Labute approximate surface area is 140 Å². The third-order valence-electron chi connectivity index (χ3n) is 4.91. The molecule has 2 heterocycles. The van der Waals surface area contributed by atoms with E-state index in [0.717, 1.165) is 25.4 Å². The fourth-order valence-corrected chi connectivity index (χ4v) is 3.75. The quantitative estimate of drug-likeness (QED) is 0.805. The van der Waals surface area contributed by atoms with Gasteiger partial charge in [-0.2, -0.15) is 0 Å². The van der Waals surface area contributed by atoms with Gasteiger partial charge in [0.25, 0.3) is 0 Å². The number of benzene rings is 1. The van der Waals surface area contributed by atoms with Gasteiger partial charge in [-0.15, -0.1) is 0 Å². The summed E-state index contributed by atoms with van der Waals surface area (Å²) < 4.78 is 2.41. The number of aryl methyl sites for hydroxylation is 2. The van der Waals surface area contributed by atoms with Gasteiger partial charge >= 0.3 is 0 Å². The first-order valence-corrected chi connectivity index (χ1v) is 8.94. The van der Waals surface area contributed by atoms with Crippen molar-refractivity contribution in [2.75, 3.05) is 13.1 Å². The zero-order valence-electron chi connectivity index (χ0n) is 14.8. The summed E-state index contributed by atoms with van der Waals surface area (Å²) in [5.74, 6) is 2.03. The van der Waals surface area contributed by atoms with Gasteiger partial charge in [0.15, 0.2) is 0 Å². The molecule has 0 aliphatic carbocycles. The molecule has 3 rings (SSSR count). The molecule has 1 saturated heterocycles. The van der Waals surface area contributed by atoms with Gasteiger partial charge in [0.05, 0.1) is 0 Å². The largest absolute Gasteiger partial charge is 0.332 e. The average molecular weight is 311 g/mol. The summed E-state index contributed by atoms with van der Waals surface area (Å²) in [5, 5.41) is 0. The van der Waals surface area contributed by atoms with Crippen LogP contribution >= 0.6 is 0 Å². The Balaban J connectivity index is 1.58. The van der Waals surface area contributed by atoms with Crippen molar-refractivity contribution < 1.29 is 0 Å². The summed E-state index contributed by atoms with van der Waals surface area (Å²) in [6, 6.07) is 8.90. The monoisotopic (exact) mass is 311 g/mol. The lowest BCUT2D eigenvalue weighted by Crippen LogP contribution is -2.21. The van der Waals surface area contributed by atoms with Gasteiger partial charge in [0.2, 0.25) is 0 Å². The Morgan fingerprint density at radius 3 is 2.91 bits per heavy atom. The molecule has 1 fully saturated rings. The van der Waals surface area contributed by atoms with E-state index in [1.165, 1.54) is 48.6 Å². The third-order valence-corrected chi connectivity index (χ3v) is 4.91. The lowest BCUT2D eigenvalue weighted by molar-refractivity contribution is 0.315. The second-order valence-corrected chi connectivity index (χ2v) is 7.05. The highest BCUT2D eigenvalue weighted by atomic mass is 15.1. The van der Waals surface area contributed by atoms with Crippen molar-refractivity contribution in [2.24, 2.45) is 5.92 Å². The molecule has 1 aromatic heterocycles. The van der Waals surface area contributed by atoms with E-state index in [9.17, 15) is 0 Å². The van der Waals surface area contributed by atoms with Gasteiger partial charge < -0.3 is 4.57 Å². The molecule has 124 valence electrons. The first kappa shape index (κ1) is 16.3. The Hall–Kier alpha value is -1.61. The van der Waals surface area contributed by atoms with Gasteiger partial charge in [-0.3, -0.25) is 4.90 Å². The average Bonchev–Trinajstić information content (AvgIpc) is 3.09. The smallest absolute Gasteiger partial charge is 0.109 e. The Kier molecular flexibility index (Phi) is 5.16. The number of imidazole rings is 1. The van der Waals surface area contributed by atoms with Crippen molar-refractivity contribution in [1.29, 1.82) is 0 Å². The van der Waals surface area contributed by atoms with Crippen LogP contribution in [0.5, 0.6) is 0 Å². The van der Waals surface area contributed by atoms with Crippen LogP contribution in [0.25, 0.3) is 0 Å². The maximum Gasteiger partial charge on any atom is 0.109 e. The minimum absolute atomic E-state index is 0.747. The summed E-state index contributed by atoms with van der Waals surface area (Å²) in [4.78, 5) is 7.26. The van der Waals surface area contributed by atoms with Crippen LogP contribution in [-0.2, 0) is 19.5 Å². The Morgan fingerprint density at radius 2 is 2.13 bits per heavy atom. The standard InChI is InChI=1S/C20H29N3/c1-4-9-23-17(3)13-21-20(23)12-19-8-10-22(15-19)14-18-7-5-6-16(2)11-18/h5-7,11,13,19H,4,8-10,12,14-15H2,1-3H3. The number of hydrogen-bond donors (Lipinski definition) is 0. The van der Waals surface area contributed by atoms with Crippen molar-refractivity contribution in [3.8, 4) is 0 Å². The summed E-state index contributed by atoms with van der Waals surface area (Å²) in [6.07, 6.45) is 5.63. The van der Waals surface area contributed by atoms with Gasteiger partial charge in [-0.1, -0.05) is 36.8 Å². The maximum absolute atomic E-state index is 4.66. The fraction of sp³-hybridized carbons (Fsp3) is 0.550. The minimum atomic E-state index is 0.747. The van der Waals surface area contributed by atoms with E-state index in [-0.39, 0.29) is 0 Å². The molecule has 23 heavy (non-hydrogen) atoms. The van der Waals surface area contributed by atoms with Crippen LogP contribution in [0.2, 0.25) is 0 Å². The highest BCUT2D eigenvalue weighted by molar-refractivity contribution is 5.22. The van der Waals surface area contributed by atoms with Crippen LogP contribution in [0.3, 0.4) is 0 Å². The van der Waals surface area contributed by atoms with Crippen molar-refractivity contribution in [1.82, 2.24) is 14.5 Å². The molecule has 1 aliphatic rings. The van der Waals surface area contributed by atoms with Crippen molar-refractivity contribution in [3.63, 3.8) is 0 Å². The number of hydrogen-bond acceptors (Lipinski definition) is 2. The molecule has 3 heteroatoms. The molecule has 0 spiro atoms. The molecular formula is C20H29N3. The highest BCUT2D eigenvalue weighted by Crippen LogP contribution is 2.23. The van der Waals surface area contributed by atoms with Gasteiger partial charge in [0, 0.05) is 37.9 Å². The molecule has 0 bridgehead atoms. The van der Waals surface area contributed by atoms with Gasteiger partial charge in [-0.25, -0.2) is 4.98 Å². The molecule has 0 N–H and O–H groups in total. The van der Waals surface area contributed by atoms with E-state index in [0.29, 0.717) is 0 Å². The van der Waals surface area contributed by atoms with E-state index in [4.69, 9.17) is 0 Å². The molecule has 0 radical (unpaired) electrons. The van der Waals surface area contributed by atoms with E-state index in [2.05, 4.69) is 59.5 Å². The van der Waals surface area contributed by atoms with Crippen molar-refractivity contribution in [2.45, 2.75) is 53.1 Å². The molecule has 1 atom stereocenters. The molecule has 1 unspecified atom stereocenters. The Morgan fingerprint density at radius 1 is 1.26 bits per heavy atom. The second-order valence-electron chi connectivity index (χ2n) is 7.05. The Bertz CT molecular complexity index is 644. The normalized spacial score (nSPS) is 18.7. The highest BCUT2D eigenvalue weighted by Gasteiger charge is 2.24. The first-order chi connectivity index (χ1) is 11.2. The lowest BCUT2D eigenvalue weighted by Gasteiger charge is -2.17. The summed E-state index contributed by atoms with van der Waals surface area (Å²) in [7, 11) is 0. The van der Waals surface area contributed by atoms with Crippen molar-refractivity contribution >= 4 is 0 Å². The minimum Gasteiger partial charge on any atom is -0.332 e. The van der Waals surface area contributed by atoms with Crippen LogP contribution in [0.15, 0.2) is 30.5 Å². The van der Waals surface area contributed by atoms with Crippen LogP contribution in [0.1, 0.15) is 42.4 Å². The molecule has 1 aliphatic heterocycles. The number of nitrogens with zero attached hydrogens (tertiary/aromatic N) is 3. The van der Waals surface area contributed by atoms with Crippen LogP contribution in [0, 0.1) is 19.8 Å². The van der Waals surface area contributed by atoms with Crippen LogP contribution < -0.4 is 0 Å². The summed E-state index contributed by atoms with van der Waals surface area (Å²) in [5.41, 5.74) is 4.10. The van der Waals surface area contributed by atoms with E-state index in [1.807, 2.05) is 6.20 Å². The first-order valence-electron chi connectivity index (χ1n) is 8.94. The molecule has 0 saturated carbocycles. The molecule has 1 aromatic carbocycles. The maximum atomic E-state index is 4.66. The zero-order valence-corrected chi connectivity index (χ0v) is 14.8. The zero-order chi connectivity index (χ0) is 16.2. The molecular weight excluding hydrogens is 282 g/mol. The number of aromatic nitrogens is 2. The van der Waals surface area contributed by atoms with Crippen molar-refractivity contribution in [3.05, 3.63) is 53.1 Å². The number of rotatable bonds is 6. The summed E-state index contributed by atoms with van der Waals surface area (Å²) >= 11 is 0. The SMILES string of the molecule is CCCn1c(C)cnc1CC1CCN(Cc2cccc(C)c2)C1. The van der Waals surface area contributed by atoms with Crippen LogP contribution in [-0.4, -0.2) is 27.5 Å². The number of likely N-dealkylation sites (tertiary alicyclic amines) is 1. The summed E-state index contributed by atoms with van der Waals surface area (Å²) in [6.45, 7) is 11.2.